The summed E-state index contributed by atoms with van der Waals surface area (Å²) in [6, 6.07) is 13.6. The summed E-state index contributed by atoms with van der Waals surface area (Å²) in [5, 5.41) is 1.98. The Morgan fingerprint density at radius 3 is 2.30 bits per heavy atom. The van der Waals surface area contributed by atoms with Crippen LogP contribution in [-0.4, -0.2) is 10.6 Å². The molecule has 0 fully saturated rings. The van der Waals surface area contributed by atoms with Crippen LogP contribution in [-0.2, 0) is 10.8 Å². The molecule has 27 heavy (non-hydrogen) atoms. The van der Waals surface area contributed by atoms with Crippen LogP contribution in [0, 0.1) is 6.85 Å². The van der Waals surface area contributed by atoms with Crippen LogP contribution in [0.2, 0.25) is 0 Å². The molecule has 0 amide bonds. The fourth-order valence-corrected chi connectivity index (χ4v) is 4.89. The number of alkyl halides is 3. The zero-order valence-corrected chi connectivity index (χ0v) is 15.2. The van der Waals surface area contributed by atoms with E-state index in [2.05, 4.69) is 0 Å². The molecule has 2 aromatic carbocycles. The number of nitrogens with zero attached hydrogens (tertiary/aromatic N) is 1. The Morgan fingerprint density at radius 1 is 0.926 bits per heavy atom. The lowest BCUT2D eigenvalue weighted by Crippen LogP contribution is -2.55. The Morgan fingerprint density at radius 2 is 1.63 bits per heavy atom. The van der Waals surface area contributed by atoms with Crippen molar-refractivity contribution >= 4 is 27.2 Å². The zero-order valence-electron chi connectivity index (χ0n) is 18.2. The number of hydrogen-bond donors (Lipinski definition) is 0. The standard InChI is InChI=1S/C23H20F3N/c1-13-9-10-16-20-19(13)15-8-6-5-7-14(15)17-11-12-18(27(17)20)22(4,21(16,2)3)23(24,25)26/h5-12H,1-4H3/i1D3. The number of pyridine rings is 1. The summed E-state index contributed by atoms with van der Waals surface area (Å²) in [6.45, 7) is 2.05. The average molecular weight is 370 g/mol. The first-order valence-corrected chi connectivity index (χ1v) is 8.89. The van der Waals surface area contributed by atoms with Crippen molar-refractivity contribution in [1.82, 2.24) is 4.40 Å². The molecule has 0 saturated heterocycles. The summed E-state index contributed by atoms with van der Waals surface area (Å²) < 4.78 is 69.6. The molecule has 2 aromatic heterocycles. The quantitative estimate of drug-likeness (QED) is 0.305. The lowest BCUT2D eigenvalue weighted by Gasteiger charge is -2.49. The van der Waals surface area contributed by atoms with Crippen LogP contribution in [0.3, 0.4) is 0 Å². The molecule has 1 aliphatic rings. The molecular formula is C23H20F3N. The third kappa shape index (κ3) is 1.68. The van der Waals surface area contributed by atoms with Crippen molar-refractivity contribution in [2.75, 3.05) is 0 Å². The molecule has 1 aliphatic heterocycles. The van der Waals surface area contributed by atoms with E-state index in [0.717, 1.165) is 10.8 Å². The summed E-state index contributed by atoms with van der Waals surface area (Å²) >= 11 is 0. The molecular weight excluding hydrogens is 347 g/mol. The number of aryl methyl sites for hydroxylation is 1. The molecule has 4 heteroatoms. The van der Waals surface area contributed by atoms with Gasteiger partial charge in [0.1, 0.15) is 5.41 Å². The van der Waals surface area contributed by atoms with Crippen LogP contribution in [0.4, 0.5) is 13.2 Å². The summed E-state index contributed by atoms with van der Waals surface area (Å²) in [4.78, 5) is 0. The fraction of sp³-hybridized carbons (Fsp3) is 0.304. The smallest absolute Gasteiger partial charge is 0.312 e. The van der Waals surface area contributed by atoms with E-state index in [1.807, 2.05) is 24.3 Å². The molecule has 4 aromatic rings. The van der Waals surface area contributed by atoms with E-state index in [9.17, 15) is 13.2 Å². The van der Waals surface area contributed by atoms with Gasteiger partial charge in [-0.3, -0.25) is 0 Å². The molecule has 1 unspecified atom stereocenters. The van der Waals surface area contributed by atoms with Gasteiger partial charge in [-0.2, -0.15) is 13.2 Å². The van der Waals surface area contributed by atoms with Crippen molar-refractivity contribution in [3.63, 3.8) is 0 Å². The Balaban J connectivity index is 2.17. The Hall–Kier alpha value is -2.49. The van der Waals surface area contributed by atoms with Gasteiger partial charge < -0.3 is 4.40 Å². The topological polar surface area (TPSA) is 4.41 Å². The second-order valence-corrected chi connectivity index (χ2v) is 8.12. The minimum Gasteiger partial charge on any atom is -0.312 e. The molecule has 0 saturated carbocycles. The number of hydrogen-bond acceptors (Lipinski definition) is 0. The summed E-state index contributed by atoms with van der Waals surface area (Å²) in [6.07, 6.45) is -4.50. The van der Waals surface area contributed by atoms with E-state index in [-0.39, 0.29) is 11.3 Å². The van der Waals surface area contributed by atoms with Crippen molar-refractivity contribution in [2.45, 2.75) is 44.6 Å². The van der Waals surface area contributed by atoms with Gasteiger partial charge in [0.05, 0.1) is 11.0 Å². The first kappa shape index (κ1) is 13.6. The number of benzene rings is 2. The largest absolute Gasteiger partial charge is 0.400 e. The fourth-order valence-electron chi connectivity index (χ4n) is 4.89. The highest BCUT2D eigenvalue weighted by Crippen LogP contribution is 2.58. The second-order valence-electron chi connectivity index (χ2n) is 8.12. The van der Waals surface area contributed by atoms with E-state index >= 15 is 0 Å². The highest BCUT2D eigenvalue weighted by Gasteiger charge is 2.64. The first-order chi connectivity index (χ1) is 13.8. The molecule has 138 valence electrons. The van der Waals surface area contributed by atoms with Crippen molar-refractivity contribution in [3.05, 3.63) is 65.4 Å². The van der Waals surface area contributed by atoms with Crippen molar-refractivity contribution in [2.24, 2.45) is 0 Å². The van der Waals surface area contributed by atoms with E-state index < -0.39 is 23.9 Å². The van der Waals surface area contributed by atoms with Crippen molar-refractivity contribution in [1.29, 1.82) is 0 Å². The molecule has 3 heterocycles. The summed E-state index contributed by atoms with van der Waals surface area (Å²) in [5.41, 5.74) is -1.43. The summed E-state index contributed by atoms with van der Waals surface area (Å²) in [5.74, 6) is 0. The van der Waals surface area contributed by atoms with Crippen LogP contribution in [0.15, 0.2) is 48.5 Å². The average Bonchev–Trinajstić information content (AvgIpc) is 3.09. The minimum atomic E-state index is -4.50. The van der Waals surface area contributed by atoms with Crippen LogP contribution in [0.5, 0.6) is 0 Å². The molecule has 0 spiro atoms. The highest BCUT2D eigenvalue weighted by atomic mass is 19.4. The molecule has 1 nitrogen and oxygen atoms in total. The van der Waals surface area contributed by atoms with Crippen LogP contribution < -0.4 is 0 Å². The normalized spacial score (nSPS) is 23.7. The number of halogens is 3. The lowest BCUT2D eigenvalue weighted by atomic mass is 9.59. The molecule has 0 bridgehead atoms. The number of fused-ring (bicyclic) bond motifs is 3. The minimum absolute atomic E-state index is 0.140. The highest BCUT2D eigenvalue weighted by molar-refractivity contribution is 6.15. The number of rotatable bonds is 0. The van der Waals surface area contributed by atoms with E-state index in [1.165, 1.54) is 13.0 Å². The third-order valence-corrected chi connectivity index (χ3v) is 6.76. The monoisotopic (exact) mass is 370 g/mol. The number of aromatic nitrogens is 1. The van der Waals surface area contributed by atoms with Crippen LogP contribution in [0.25, 0.3) is 27.2 Å². The van der Waals surface area contributed by atoms with E-state index in [0.29, 0.717) is 22.0 Å². The van der Waals surface area contributed by atoms with Gasteiger partial charge in [0, 0.05) is 26.0 Å². The van der Waals surface area contributed by atoms with Gasteiger partial charge >= 0.3 is 6.18 Å². The van der Waals surface area contributed by atoms with Gasteiger partial charge in [0.15, 0.2) is 0 Å². The van der Waals surface area contributed by atoms with Crippen LogP contribution in [0.1, 0.15) is 41.7 Å². The second kappa shape index (κ2) is 4.67. The van der Waals surface area contributed by atoms with E-state index in [1.54, 1.807) is 36.4 Å². The van der Waals surface area contributed by atoms with Gasteiger partial charge in [-0.25, -0.2) is 0 Å². The molecule has 1 atom stereocenters. The molecule has 5 rings (SSSR count). The van der Waals surface area contributed by atoms with Gasteiger partial charge in [0.2, 0.25) is 0 Å². The SMILES string of the molecule is [2H]C([2H])([2H])c1ccc2c3c1c1ccccc1c1ccc(n13)C(C)(C(F)(F)F)C2(C)C. The Kier molecular flexibility index (Phi) is 2.36. The van der Waals surface area contributed by atoms with Crippen molar-refractivity contribution < 1.29 is 17.3 Å². The van der Waals surface area contributed by atoms with Gasteiger partial charge in [-0.05, 0) is 42.4 Å². The van der Waals surface area contributed by atoms with Crippen molar-refractivity contribution in [3.8, 4) is 0 Å². The van der Waals surface area contributed by atoms with E-state index in [4.69, 9.17) is 4.11 Å². The predicted molar refractivity (Wildman–Crippen MR) is 104 cm³/mol. The maximum atomic E-state index is 14.6. The molecule has 0 radical (unpaired) electrons. The van der Waals surface area contributed by atoms with Gasteiger partial charge in [-0.1, -0.05) is 50.2 Å². The maximum Gasteiger partial charge on any atom is 0.400 e. The predicted octanol–water partition coefficient (Wildman–Crippen LogP) is 6.67. The summed E-state index contributed by atoms with van der Waals surface area (Å²) in [7, 11) is 0. The third-order valence-electron chi connectivity index (χ3n) is 6.76. The first-order valence-electron chi connectivity index (χ1n) is 10.4. The lowest BCUT2D eigenvalue weighted by molar-refractivity contribution is -0.205. The molecule has 0 aliphatic carbocycles. The maximum absolute atomic E-state index is 14.6. The van der Waals surface area contributed by atoms with Crippen LogP contribution >= 0.6 is 0 Å². The van der Waals surface area contributed by atoms with Gasteiger partial charge in [0.25, 0.3) is 0 Å². The van der Waals surface area contributed by atoms with Gasteiger partial charge in [-0.15, -0.1) is 0 Å². The zero-order chi connectivity index (χ0) is 21.9. The Bertz CT molecular complexity index is 1360. The molecule has 0 N–H and O–H groups in total. The Labute approximate surface area is 159 Å².